The van der Waals surface area contributed by atoms with Gasteiger partial charge in [0.1, 0.15) is 0 Å². The Hall–Kier alpha value is -1.59. The molecule has 0 radical (unpaired) electrons. The Labute approximate surface area is 152 Å². The number of anilines is 1. The van der Waals surface area contributed by atoms with Crippen molar-refractivity contribution in [3.63, 3.8) is 0 Å². The third kappa shape index (κ3) is 6.33. The van der Waals surface area contributed by atoms with Crippen molar-refractivity contribution >= 4 is 11.6 Å². The van der Waals surface area contributed by atoms with Gasteiger partial charge in [-0.25, -0.2) is 0 Å². The summed E-state index contributed by atoms with van der Waals surface area (Å²) in [5.41, 5.74) is 2.51. The number of hydrogen-bond acceptors (Lipinski definition) is 4. The van der Waals surface area contributed by atoms with Crippen molar-refractivity contribution in [3.8, 4) is 0 Å². The van der Waals surface area contributed by atoms with Crippen LogP contribution in [0.3, 0.4) is 0 Å². The van der Waals surface area contributed by atoms with Crippen molar-refractivity contribution < 1.29 is 9.90 Å². The van der Waals surface area contributed by atoms with E-state index in [1.807, 2.05) is 4.90 Å². The molecule has 0 bridgehead atoms. The van der Waals surface area contributed by atoms with Gasteiger partial charge in [0, 0.05) is 38.4 Å². The maximum absolute atomic E-state index is 12.6. The molecule has 1 N–H and O–H groups in total. The smallest absolute Gasteiger partial charge is 0.236 e. The van der Waals surface area contributed by atoms with Gasteiger partial charge in [-0.05, 0) is 37.6 Å². The first kappa shape index (κ1) is 19.7. The first-order chi connectivity index (χ1) is 12.1. The largest absolute Gasteiger partial charge is 0.395 e. The molecule has 2 rings (SSSR count). The monoisotopic (exact) mass is 347 g/mol. The summed E-state index contributed by atoms with van der Waals surface area (Å²) in [6.07, 6.45) is 3.43. The number of piperazine rings is 1. The molecule has 0 aromatic heterocycles. The van der Waals surface area contributed by atoms with Gasteiger partial charge in [-0.1, -0.05) is 31.9 Å². The Morgan fingerprint density at radius 3 is 2.56 bits per heavy atom. The Balaban J connectivity index is 1.81. The van der Waals surface area contributed by atoms with E-state index in [-0.39, 0.29) is 12.5 Å². The van der Waals surface area contributed by atoms with Crippen LogP contribution >= 0.6 is 0 Å². The van der Waals surface area contributed by atoms with E-state index in [2.05, 4.69) is 47.9 Å². The summed E-state index contributed by atoms with van der Waals surface area (Å²) in [6, 6.07) is 8.54. The van der Waals surface area contributed by atoms with Gasteiger partial charge >= 0.3 is 0 Å². The number of nitrogens with zero attached hydrogens (tertiary/aromatic N) is 3. The Morgan fingerprint density at radius 2 is 1.92 bits per heavy atom. The lowest BCUT2D eigenvalue weighted by atomic mass is 10.2. The summed E-state index contributed by atoms with van der Waals surface area (Å²) in [7, 11) is 0. The highest BCUT2D eigenvalue weighted by atomic mass is 16.3. The van der Waals surface area contributed by atoms with Gasteiger partial charge in [-0.15, -0.1) is 0 Å². The third-order valence-corrected chi connectivity index (χ3v) is 4.85. The van der Waals surface area contributed by atoms with Crippen LogP contribution in [0, 0.1) is 6.92 Å². The minimum absolute atomic E-state index is 0.112. The van der Waals surface area contributed by atoms with Crippen molar-refractivity contribution in [1.82, 2.24) is 9.80 Å². The molecule has 1 heterocycles. The quantitative estimate of drug-likeness (QED) is 0.695. The van der Waals surface area contributed by atoms with Crippen LogP contribution in [0.15, 0.2) is 24.3 Å². The first-order valence-corrected chi connectivity index (χ1v) is 9.56. The number of aryl methyl sites for hydroxylation is 1. The summed E-state index contributed by atoms with van der Waals surface area (Å²) in [4.78, 5) is 19.0. The van der Waals surface area contributed by atoms with Crippen LogP contribution in [0.5, 0.6) is 0 Å². The van der Waals surface area contributed by atoms with Gasteiger partial charge in [-0.3, -0.25) is 9.69 Å². The molecule has 5 heteroatoms. The maximum atomic E-state index is 12.6. The highest BCUT2D eigenvalue weighted by Crippen LogP contribution is 2.18. The molecule has 1 aromatic carbocycles. The lowest BCUT2D eigenvalue weighted by molar-refractivity contribution is -0.132. The second-order valence-corrected chi connectivity index (χ2v) is 6.91. The van der Waals surface area contributed by atoms with E-state index in [1.165, 1.54) is 24.1 Å². The Kier molecular flexibility index (Phi) is 8.22. The second kappa shape index (κ2) is 10.4. The molecule has 25 heavy (non-hydrogen) atoms. The van der Waals surface area contributed by atoms with Crippen LogP contribution in [0.1, 0.15) is 31.7 Å². The molecule has 140 valence electrons. The van der Waals surface area contributed by atoms with Crippen LogP contribution in [-0.4, -0.2) is 73.2 Å². The molecule has 1 saturated heterocycles. The summed E-state index contributed by atoms with van der Waals surface area (Å²) in [5, 5.41) is 9.23. The average molecular weight is 348 g/mol. The van der Waals surface area contributed by atoms with Gasteiger partial charge in [-0.2, -0.15) is 0 Å². The van der Waals surface area contributed by atoms with Gasteiger partial charge in [0.25, 0.3) is 0 Å². The van der Waals surface area contributed by atoms with Crippen molar-refractivity contribution in [2.24, 2.45) is 0 Å². The molecule has 1 aliphatic rings. The second-order valence-electron chi connectivity index (χ2n) is 6.91. The molecular formula is C20H33N3O2. The van der Waals surface area contributed by atoms with Crippen molar-refractivity contribution in [2.75, 3.05) is 57.3 Å². The van der Waals surface area contributed by atoms with E-state index in [9.17, 15) is 9.90 Å². The number of benzene rings is 1. The van der Waals surface area contributed by atoms with Gasteiger partial charge < -0.3 is 14.9 Å². The van der Waals surface area contributed by atoms with Crippen LogP contribution in [0.4, 0.5) is 5.69 Å². The lowest BCUT2D eigenvalue weighted by Crippen LogP contribution is -2.51. The lowest BCUT2D eigenvalue weighted by Gasteiger charge is -2.37. The van der Waals surface area contributed by atoms with E-state index in [0.29, 0.717) is 13.1 Å². The maximum Gasteiger partial charge on any atom is 0.236 e. The topological polar surface area (TPSA) is 47.0 Å². The van der Waals surface area contributed by atoms with E-state index in [0.717, 1.165) is 39.1 Å². The summed E-state index contributed by atoms with van der Waals surface area (Å²) < 4.78 is 0. The SMILES string of the molecule is CCCCCN(CCO)CC(=O)N1CCN(c2cccc(C)c2)CC1. The first-order valence-electron chi connectivity index (χ1n) is 9.56. The summed E-state index contributed by atoms with van der Waals surface area (Å²) in [5.74, 6) is 0.189. The number of hydrogen-bond donors (Lipinski definition) is 1. The summed E-state index contributed by atoms with van der Waals surface area (Å²) in [6.45, 7) is 9.60. The number of carbonyl (C=O) groups is 1. The molecule has 1 amide bonds. The van der Waals surface area contributed by atoms with E-state index >= 15 is 0 Å². The Bertz CT molecular complexity index is 527. The van der Waals surface area contributed by atoms with Gasteiger partial charge in [0.05, 0.1) is 13.2 Å². The summed E-state index contributed by atoms with van der Waals surface area (Å²) >= 11 is 0. The number of aliphatic hydroxyl groups is 1. The zero-order chi connectivity index (χ0) is 18.1. The fourth-order valence-electron chi connectivity index (χ4n) is 3.33. The standard InChI is InChI=1S/C20H33N3O2/c1-3-4-5-9-21(14-15-24)17-20(25)23-12-10-22(11-13-23)19-8-6-7-18(2)16-19/h6-8,16,24H,3-5,9-15,17H2,1-2H3. The molecule has 0 aliphatic carbocycles. The molecule has 0 spiro atoms. The molecule has 0 saturated carbocycles. The van der Waals surface area contributed by atoms with Crippen LogP contribution in [0.2, 0.25) is 0 Å². The number of rotatable bonds is 9. The molecular weight excluding hydrogens is 314 g/mol. The fraction of sp³-hybridized carbons (Fsp3) is 0.650. The number of amides is 1. The highest BCUT2D eigenvalue weighted by Gasteiger charge is 2.22. The zero-order valence-electron chi connectivity index (χ0n) is 15.8. The molecule has 1 aliphatic heterocycles. The minimum atomic E-state index is 0.112. The molecule has 0 atom stereocenters. The van der Waals surface area contributed by atoms with Crippen molar-refractivity contribution in [2.45, 2.75) is 33.1 Å². The molecule has 0 unspecified atom stereocenters. The predicted molar refractivity (Wildman–Crippen MR) is 103 cm³/mol. The van der Waals surface area contributed by atoms with Crippen LogP contribution in [0.25, 0.3) is 0 Å². The molecule has 1 aromatic rings. The average Bonchev–Trinajstić information content (AvgIpc) is 2.62. The van der Waals surface area contributed by atoms with E-state index in [4.69, 9.17) is 0 Å². The fourth-order valence-corrected chi connectivity index (χ4v) is 3.33. The van der Waals surface area contributed by atoms with Gasteiger partial charge in [0.15, 0.2) is 0 Å². The minimum Gasteiger partial charge on any atom is -0.395 e. The third-order valence-electron chi connectivity index (χ3n) is 4.85. The Morgan fingerprint density at radius 1 is 1.16 bits per heavy atom. The van der Waals surface area contributed by atoms with Crippen molar-refractivity contribution in [3.05, 3.63) is 29.8 Å². The predicted octanol–water partition coefficient (Wildman–Crippen LogP) is 2.13. The number of aliphatic hydroxyl groups excluding tert-OH is 1. The zero-order valence-corrected chi connectivity index (χ0v) is 15.8. The molecule has 5 nitrogen and oxygen atoms in total. The normalized spacial score (nSPS) is 15.0. The van der Waals surface area contributed by atoms with Crippen LogP contribution < -0.4 is 4.90 Å². The van der Waals surface area contributed by atoms with E-state index in [1.54, 1.807) is 0 Å². The van der Waals surface area contributed by atoms with Crippen molar-refractivity contribution in [1.29, 1.82) is 0 Å². The van der Waals surface area contributed by atoms with Gasteiger partial charge in [0.2, 0.25) is 5.91 Å². The van der Waals surface area contributed by atoms with Crippen LogP contribution in [-0.2, 0) is 4.79 Å². The number of carbonyl (C=O) groups excluding carboxylic acids is 1. The molecule has 1 fully saturated rings. The number of unbranched alkanes of at least 4 members (excludes halogenated alkanes) is 2. The van der Waals surface area contributed by atoms with E-state index < -0.39 is 0 Å². The highest BCUT2D eigenvalue weighted by molar-refractivity contribution is 5.78.